The number of thiophene rings is 1. The Morgan fingerprint density at radius 1 is 1.03 bits per heavy atom. The van der Waals surface area contributed by atoms with Crippen LogP contribution < -0.4 is 10.1 Å². The minimum Gasteiger partial charge on any atom is -0.507 e. The van der Waals surface area contributed by atoms with E-state index in [1.165, 1.54) is 24.1 Å². The second kappa shape index (κ2) is 7.76. The predicted molar refractivity (Wildman–Crippen MR) is 115 cm³/mol. The molecule has 1 aromatic carbocycles. The number of piperidine rings is 2. The van der Waals surface area contributed by atoms with Crippen LogP contribution in [0.3, 0.4) is 0 Å². The maximum atomic E-state index is 10.5. The number of nitrogens with one attached hydrogen (secondary N) is 1. The first-order valence-electron chi connectivity index (χ1n) is 10.3. The number of phenols is 1. The number of phenolic OH excluding ortho intramolecular Hbond substituents is 1. The number of aromatic hydroxyl groups is 1. The molecule has 2 bridgehead atoms. The van der Waals surface area contributed by atoms with Crippen molar-refractivity contribution >= 4 is 11.3 Å². The topological polar surface area (TPSA) is 67.3 Å². The number of ether oxygens (including phenoxy) is 1. The average molecular weight is 408 g/mol. The molecule has 2 aliphatic heterocycles. The molecular weight excluding hydrogens is 382 g/mol. The lowest BCUT2D eigenvalue weighted by molar-refractivity contribution is 0.0881. The zero-order valence-electron chi connectivity index (χ0n) is 16.5. The van der Waals surface area contributed by atoms with Crippen LogP contribution in [0, 0.1) is 6.92 Å². The first kappa shape index (κ1) is 18.6. The molecule has 0 saturated carbocycles. The number of aryl methyl sites for hydroxylation is 1. The van der Waals surface area contributed by atoms with Gasteiger partial charge in [-0.25, -0.2) is 0 Å². The SMILES string of the molecule is Cc1ccc(-c2ccc(-c3ccc(OC4CC5CCCC(C4)N5)nn3)c(O)c2)s1. The first-order chi connectivity index (χ1) is 14.1. The summed E-state index contributed by atoms with van der Waals surface area (Å²) in [7, 11) is 0. The van der Waals surface area contributed by atoms with Gasteiger partial charge in [0.1, 0.15) is 11.9 Å². The van der Waals surface area contributed by atoms with Gasteiger partial charge in [0.05, 0.1) is 5.69 Å². The number of hydrogen-bond donors (Lipinski definition) is 2. The van der Waals surface area contributed by atoms with E-state index in [1.54, 1.807) is 17.4 Å². The van der Waals surface area contributed by atoms with Gasteiger partial charge >= 0.3 is 0 Å². The van der Waals surface area contributed by atoms with Crippen LogP contribution in [0.2, 0.25) is 0 Å². The summed E-state index contributed by atoms with van der Waals surface area (Å²) in [6.45, 7) is 2.08. The standard InChI is InChI=1S/C23H25N3O2S/c1-14-5-9-22(29-14)15-6-7-19(21(27)11-15)20-8-10-23(26-25-20)28-18-12-16-3-2-4-17(13-18)24-16/h5-11,16-18,24,27H,2-4,12-13H2,1H3. The molecule has 2 unspecified atom stereocenters. The Bertz CT molecular complexity index is 990. The van der Waals surface area contributed by atoms with Crippen LogP contribution in [0.5, 0.6) is 11.6 Å². The summed E-state index contributed by atoms with van der Waals surface area (Å²) >= 11 is 1.72. The third-order valence-corrected chi connectivity index (χ3v) is 6.95. The lowest BCUT2D eigenvalue weighted by Gasteiger charge is -2.39. The molecule has 5 nitrogen and oxygen atoms in total. The molecule has 150 valence electrons. The summed E-state index contributed by atoms with van der Waals surface area (Å²) in [4.78, 5) is 2.40. The summed E-state index contributed by atoms with van der Waals surface area (Å²) < 4.78 is 6.12. The van der Waals surface area contributed by atoms with Crippen molar-refractivity contribution < 1.29 is 9.84 Å². The number of nitrogens with zero attached hydrogens (tertiary/aromatic N) is 2. The lowest BCUT2D eigenvalue weighted by atomic mass is 9.85. The van der Waals surface area contributed by atoms with E-state index in [0.29, 0.717) is 29.2 Å². The van der Waals surface area contributed by atoms with Crippen LogP contribution in [0.1, 0.15) is 37.0 Å². The summed E-state index contributed by atoms with van der Waals surface area (Å²) in [6, 6.07) is 14.7. The quantitative estimate of drug-likeness (QED) is 0.641. The van der Waals surface area contributed by atoms with Gasteiger partial charge in [0.2, 0.25) is 5.88 Å². The van der Waals surface area contributed by atoms with Gasteiger partial charge in [0.25, 0.3) is 0 Å². The molecule has 2 atom stereocenters. The molecule has 2 fully saturated rings. The van der Waals surface area contributed by atoms with Gasteiger partial charge in [-0.3, -0.25) is 0 Å². The molecule has 0 radical (unpaired) electrons. The normalized spacial score (nSPS) is 23.7. The molecule has 2 saturated heterocycles. The highest BCUT2D eigenvalue weighted by Crippen LogP contribution is 2.35. The van der Waals surface area contributed by atoms with Crippen LogP contribution in [0.25, 0.3) is 21.7 Å². The van der Waals surface area contributed by atoms with Crippen LogP contribution in [-0.2, 0) is 0 Å². The lowest BCUT2D eigenvalue weighted by Crippen LogP contribution is -2.51. The van der Waals surface area contributed by atoms with E-state index >= 15 is 0 Å². The number of fused-ring (bicyclic) bond motifs is 2. The summed E-state index contributed by atoms with van der Waals surface area (Å²) in [5.74, 6) is 0.770. The second-order valence-electron chi connectivity index (χ2n) is 8.10. The first-order valence-corrected chi connectivity index (χ1v) is 11.1. The van der Waals surface area contributed by atoms with E-state index in [-0.39, 0.29) is 11.9 Å². The zero-order chi connectivity index (χ0) is 19.8. The molecule has 6 heteroatoms. The third kappa shape index (κ3) is 4.00. The van der Waals surface area contributed by atoms with E-state index in [1.807, 2.05) is 24.3 Å². The van der Waals surface area contributed by atoms with Gasteiger partial charge in [0, 0.05) is 33.5 Å². The maximum absolute atomic E-state index is 10.5. The predicted octanol–water partition coefficient (Wildman–Crippen LogP) is 4.94. The van der Waals surface area contributed by atoms with Crippen LogP contribution >= 0.6 is 11.3 Å². The fourth-order valence-electron chi connectivity index (χ4n) is 4.50. The van der Waals surface area contributed by atoms with Crippen molar-refractivity contribution in [3.8, 4) is 33.3 Å². The van der Waals surface area contributed by atoms with Crippen molar-refractivity contribution in [2.24, 2.45) is 0 Å². The van der Waals surface area contributed by atoms with Gasteiger partial charge < -0.3 is 15.2 Å². The van der Waals surface area contributed by atoms with E-state index in [4.69, 9.17) is 4.74 Å². The minimum atomic E-state index is 0.202. The Hall–Kier alpha value is -2.44. The highest BCUT2D eigenvalue weighted by Gasteiger charge is 2.32. The van der Waals surface area contributed by atoms with Gasteiger partial charge in [-0.1, -0.05) is 12.5 Å². The Morgan fingerprint density at radius 3 is 2.52 bits per heavy atom. The van der Waals surface area contributed by atoms with E-state index in [0.717, 1.165) is 23.3 Å². The molecule has 2 aliphatic rings. The Kier molecular flexibility index (Phi) is 4.97. The highest BCUT2D eigenvalue weighted by atomic mass is 32.1. The number of aromatic nitrogens is 2. The minimum absolute atomic E-state index is 0.202. The second-order valence-corrected chi connectivity index (χ2v) is 9.39. The Labute approximate surface area is 174 Å². The summed E-state index contributed by atoms with van der Waals surface area (Å²) in [6.07, 6.45) is 6.06. The number of benzene rings is 1. The highest BCUT2D eigenvalue weighted by molar-refractivity contribution is 7.15. The molecule has 0 spiro atoms. The fourth-order valence-corrected chi connectivity index (χ4v) is 5.36. The fraction of sp³-hybridized carbons (Fsp3) is 0.391. The van der Waals surface area contributed by atoms with E-state index < -0.39 is 0 Å². The average Bonchev–Trinajstić information content (AvgIpc) is 3.15. The van der Waals surface area contributed by atoms with Crippen LogP contribution in [0.4, 0.5) is 0 Å². The van der Waals surface area contributed by atoms with Crippen molar-refractivity contribution in [1.82, 2.24) is 15.5 Å². The van der Waals surface area contributed by atoms with Crippen molar-refractivity contribution in [3.05, 3.63) is 47.3 Å². The van der Waals surface area contributed by atoms with Gasteiger partial charge in [-0.2, -0.15) is 0 Å². The van der Waals surface area contributed by atoms with Crippen molar-refractivity contribution in [2.45, 2.75) is 57.2 Å². The van der Waals surface area contributed by atoms with Crippen molar-refractivity contribution in [2.75, 3.05) is 0 Å². The molecule has 2 aromatic heterocycles. The summed E-state index contributed by atoms with van der Waals surface area (Å²) in [5, 5.41) is 22.8. The molecule has 0 aliphatic carbocycles. The Morgan fingerprint density at radius 2 is 1.86 bits per heavy atom. The van der Waals surface area contributed by atoms with E-state index in [2.05, 4.69) is 34.6 Å². The van der Waals surface area contributed by atoms with Crippen LogP contribution in [-0.4, -0.2) is 33.5 Å². The summed E-state index contributed by atoms with van der Waals surface area (Å²) in [5.41, 5.74) is 2.33. The molecule has 5 rings (SSSR count). The largest absolute Gasteiger partial charge is 0.507 e. The van der Waals surface area contributed by atoms with E-state index in [9.17, 15) is 5.11 Å². The molecule has 3 aromatic rings. The van der Waals surface area contributed by atoms with Gasteiger partial charge in [0.15, 0.2) is 0 Å². The smallest absolute Gasteiger partial charge is 0.233 e. The molecule has 2 N–H and O–H groups in total. The van der Waals surface area contributed by atoms with Crippen molar-refractivity contribution in [3.63, 3.8) is 0 Å². The maximum Gasteiger partial charge on any atom is 0.233 e. The monoisotopic (exact) mass is 407 g/mol. The molecule has 0 amide bonds. The molecular formula is C23H25N3O2S. The van der Waals surface area contributed by atoms with Crippen molar-refractivity contribution in [1.29, 1.82) is 0 Å². The van der Waals surface area contributed by atoms with Gasteiger partial charge in [-0.15, -0.1) is 21.5 Å². The van der Waals surface area contributed by atoms with Crippen LogP contribution in [0.15, 0.2) is 42.5 Å². The third-order valence-electron chi connectivity index (χ3n) is 5.90. The van der Waals surface area contributed by atoms with Gasteiger partial charge in [-0.05, 0) is 68.5 Å². The Balaban J connectivity index is 1.30. The molecule has 29 heavy (non-hydrogen) atoms. The number of rotatable bonds is 4. The number of hydrogen-bond acceptors (Lipinski definition) is 6. The molecule has 4 heterocycles. The zero-order valence-corrected chi connectivity index (χ0v) is 17.3.